The molecule has 0 amide bonds. The molecule has 0 atom stereocenters. The molecule has 0 fully saturated rings. The molecule has 0 aliphatic carbocycles. The maximum atomic E-state index is 6.42. The van der Waals surface area contributed by atoms with Gasteiger partial charge in [-0.25, -0.2) is 19.9 Å². The molecule has 11 rings (SSSR count). The van der Waals surface area contributed by atoms with Gasteiger partial charge in [-0.15, -0.1) is 0 Å². The zero-order valence-corrected chi connectivity index (χ0v) is 28.0. The topological polar surface area (TPSA) is 91.0 Å². The van der Waals surface area contributed by atoms with Crippen LogP contribution in [0.3, 0.4) is 0 Å². The van der Waals surface area contributed by atoms with E-state index < -0.39 is 0 Å². The standard InChI is InChI=1S/C46H26N4O3/c1-3-11-27(12-4-1)43-48-44(28-13-5-2-6-14-28)50-45(49-43)33-17-10-20-39-41(33)35-25-29(22-24-38(35)51-39)30-21-23-36-40(26-30)53-46(47-36)34-18-9-16-32-31-15-7-8-19-37(31)52-42(32)34/h1-26H. The molecule has 7 aromatic carbocycles. The molecule has 248 valence electrons. The van der Waals surface area contributed by atoms with Crippen LogP contribution in [0.25, 0.3) is 112 Å². The molecule has 11 aromatic rings. The van der Waals surface area contributed by atoms with Crippen LogP contribution < -0.4 is 0 Å². The molecular formula is C46H26N4O3. The minimum absolute atomic E-state index is 0.518. The summed E-state index contributed by atoms with van der Waals surface area (Å²) < 4.78 is 19.1. The van der Waals surface area contributed by atoms with Crippen LogP contribution in [0, 0.1) is 0 Å². The Morgan fingerprint density at radius 2 is 0.962 bits per heavy atom. The number of hydrogen-bond acceptors (Lipinski definition) is 7. The molecule has 0 saturated carbocycles. The average molecular weight is 683 g/mol. The van der Waals surface area contributed by atoms with Crippen LogP contribution in [-0.2, 0) is 0 Å². The van der Waals surface area contributed by atoms with Gasteiger partial charge < -0.3 is 13.3 Å². The van der Waals surface area contributed by atoms with E-state index >= 15 is 0 Å². The molecule has 4 heterocycles. The minimum Gasteiger partial charge on any atom is -0.456 e. The molecular weight excluding hydrogens is 657 g/mol. The lowest BCUT2D eigenvalue weighted by Gasteiger charge is -2.09. The SMILES string of the molecule is c1ccc(-c2nc(-c3ccccc3)nc(-c3cccc4oc5ccc(-c6ccc7nc(-c8cccc9c8oc8ccccc89)oc7c6)cc5c34)n2)cc1. The van der Waals surface area contributed by atoms with E-state index in [9.17, 15) is 0 Å². The van der Waals surface area contributed by atoms with Crippen molar-refractivity contribution in [1.82, 2.24) is 19.9 Å². The average Bonchev–Trinajstić information content (AvgIpc) is 3.94. The van der Waals surface area contributed by atoms with Gasteiger partial charge in [-0.2, -0.15) is 0 Å². The largest absolute Gasteiger partial charge is 0.456 e. The highest BCUT2D eigenvalue weighted by atomic mass is 16.4. The third-order valence-corrected chi connectivity index (χ3v) is 9.79. The van der Waals surface area contributed by atoms with Crippen LogP contribution in [0.1, 0.15) is 0 Å². The van der Waals surface area contributed by atoms with Gasteiger partial charge in [0.15, 0.2) is 23.1 Å². The Kier molecular flexibility index (Phi) is 6.42. The summed E-state index contributed by atoms with van der Waals surface area (Å²) in [7, 11) is 0. The summed E-state index contributed by atoms with van der Waals surface area (Å²) in [6.45, 7) is 0. The number of fused-ring (bicyclic) bond motifs is 7. The van der Waals surface area contributed by atoms with E-state index in [1.54, 1.807) is 0 Å². The summed E-state index contributed by atoms with van der Waals surface area (Å²) >= 11 is 0. The van der Waals surface area contributed by atoms with Crippen molar-refractivity contribution < 1.29 is 13.3 Å². The summed E-state index contributed by atoms with van der Waals surface area (Å²) in [4.78, 5) is 19.8. The lowest BCUT2D eigenvalue weighted by Crippen LogP contribution is -2.00. The third kappa shape index (κ3) is 4.82. The number of para-hydroxylation sites is 2. The van der Waals surface area contributed by atoms with Crippen molar-refractivity contribution in [1.29, 1.82) is 0 Å². The van der Waals surface area contributed by atoms with E-state index in [0.717, 1.165) is 82.8 Å². The molecule has 0 spiro atoms. The van der Waals surface area contributed by atoms with E-state index in [1.807, 2.05) is 127 Å². The summed E-state index contributed by atoms with van der Waals surface area (Å²) in [6, 6.07) is 52.5. The number of rotatable bonds is 5. The highest BCUT2D eigenvalue weighted by Crippen LogP contribution is 2.40. The first-order valence-corrected chi connectivity index (χ1v) is 17.4. The predicted octanol–water partition coefficient (Wildman–Crippen LogP) is 12.1. The molecule has 0 aliphatic rings. The van der Waals surface area contributed by atoms with Gasteiger partial charge in [0, 0.05) is 38.2 Å². The fraction of sp³-hybridized carbons (Fsp3) is 0. The number of benzene rings is 7. The van der Waals surface area contributed by atoms with Gasteiger partial charge in [0.2, 0.25) is 5.89 Å². The van der Waals surface area contributed by atoms with Crippen LogP contribution in [0.15, 0.2) is 171 Å². The van der Waals surface area contributed by atoms with E-state index in [1.165, 1.54) is 0 Å². The zero-order chi connectivity index (χ0) is 34.9. The fourth-order valence-electron chi connectivity index (χ4n) is 7.26. The first-order chi connectivity index (χ1) is 26.2. The van der Waals surface area contributed by atoms with Crippen molar-refractivity contribution in [3.8, 4) is 56.7 Å². The first kappa shape index (κ1) is 29.4. The van der Waals surface area contributed by atoms with E-state index in [-0.39, 0.29) is 0 Å². The molecule has 53 heavy (non-hydrogen) atoms. The van der Waals surface area contributed by atoms with E-state index in [2.05, 4.69) is 30.3 Å². The molecule has 4 aromatic heterocycles. The van der Waals surface area contributed by atoms with Crippen LogP contribution in [0.5, 0.6) is 0 Å². The van der Waals surface area contributed by atoms with Gasteiger partial charge in [0.05, 0.1) is 5.56 Å². The van der Waals surface area contributed by atoms with Crippen LogP contribution in [0.2, 0.25) is 0 Å². The zero-order valence-electron chi connectivity index (χ0n) is 28.0. The van der Waals surface area contributed by atoms with Crippen molar-refractivity contribution >= 4 is 55.0 Å². The Hall–Kier alpha value is -7.38. The normalized spacial score (nSPS) is 11.8. The second-order valence-corrected chi connectivity index (χ2v) is 13.0. The number of nitrogens with zero attached hydrogens (tertiary/aromatic N) is 4. The van der Waals surface area contributed by atoms with Gasteiger partial charge >= 0.3 is 0 Å². The van der Waals surface area contributed by atoms with Crippen LogP contribution in [-0.4, -0.2) is 19.9 Å². The Morgan fingerprint density at radius 1 is 0.340 bits per heavy atom. The molecule has 7 heteroatoms. The smallest absolute Gasteiger partial charge is 0.231 e. The Labute approximate surface area is 301 Å². The Bertz CT molecular complexity index is 3120. The van der Waals surface area contributed by atoms with Crippen molar-refractivity contribution in [3.63, 3.8) is 0 Å². The Morgan fingerprint density at radius 3 is 1.77 bits per heavy atom. The van der Waals surface area contributed by atoms with E-state index in [0.29, 0.717) is 28.9 Å². The molecule has 0 aliphatic heterocycles. The number of aromatic nitrogens is 4. The lowest BCUT2D eigenvalue weighted by atomic mass is 10.0. The van der Waals surface area contributed by atoms with Gasteiger partial charge in [0.1, 0.15) is 27.8 Å². The number of oxazole rings is 1. The monoisotopic (exact) mass is 682 g/mol. The maximum absolute atomic E-state index is 6.42. The molecule has 7 nitrogen and oxygen atoms in total. The van der Waals surface area contributed by atoms with Crippen LogP contribution in [0.4, 0.5) is 0 Å². The predicted molar refractivity (Wildman–Crippen MR) is 209 cm³/mol. The highest BCUT2D eigenvalue weighted by molar-refractivity contribution is 6.13. The van der Waals surface area contributed by atoms with Crippen LogP contribution >= 0.6 is 0 Å². The van der Waals surface area contributed by atoms with Gasteiger partial charge in [-0.1, -0.05) is 115 Å². The summed E-state index contributed by atoms with van der Waals surface area (Å²) in [5, 5.41) is 4.00. The van der Waals surface area contributed by atoms with E-state index in [4.69, 9.17) is 33.2 Å². The van der Waals surface area contributed by atoms with Gasteiger partial charge in [0.25, 0.3) is 0 Å². The Balaban J connectivity index is 1.04. The third-order valence-electron chi connectivity index (χ3n) is 9.79. The molecule has 0 unspecified atom stereocenters. The van der Waals surface area contributed by atoms with Gasteiger partial charge in [-0.3, -0.25) is 0 Å². The number of hydrogen-bond donors (Lipinski definition) is 0. The molecule has 0 N–H and O–H groups in total. The minimum atomic E-state index is 0.518. The molecule has 0 saturated heterocycles. The maximum Gasteiger partial charge on any atom is 0.231 e. The number of furan rings is 2. The summed E-state index contributed by atoms with van der Waals surface area (Å²) in [5.41, 5.74) is 10.1. The first-order valence-electron chi connectivity index (χ1n) is 17.4. The lowest BCUT2D eigenvalue weighted by molar-refractivity contribution is 0.615. The quantitative estimate of drug-likeness (QED) is 0.178. The summed E-state index contributed by atoms with van der Waals surface area (Å²) in [5.74, 6) is 2.31. The molecule has 0 radical (unpaired) electrons. The van der Waals surface area contributed by atoms with Crippen molar-refractivity contribution in [2.24, 2.45) is 0 Å². The second-order valence-electron chi connectivity index (χ2n) is 13.0. The summed E-state index contributed by atoms with van der Waals surface area (Å²) in [6.07, 6.45) is 0. The molecule has 0 bridgehead atoms. The highest BCUT2D eigenvalue weighted by Gasteiger charge is 2.20. The van der Waals surface area contributed by atoms with Crippen molar-refractivity contribution in [2.45, 2.75) is 0 Å². The fourth-order valence-corrected chi connectivity index (χ4v) is 7.26. The van der Waals surface area contributed by atoms with Crippen molar-refractivity contribution in [2.75, 3.05) is 0 Å². The second kappa shape index (κ2) is 11.6. The van der Waals surface area contributed by atoms with Crippen molar-refractivity contribution in [3.05, 3.63) is 158 Å². The van der Waals surface area contributed by atoms with Gasteiger partial charge in [-0.05, 0) is 53.6 Å².